The van der Waals surface area contributed by atoms with Gasteiger partial charge in [0.15, 0.2) is 6.10 Å². The highest BCUT2D eigenvalue weighted by Gasteiger charge is 2.70. The average Bonchev–Trinajstić information content (AvgIpc) is 3.32. The predicted octanol–water partition coefficient (Wildman–Crippen LogP) is 5.11. The molecule has 2 saturated carbocycles. The standard InChI is InChI=1S/C28H33NO3/c1-27(2)22-15-21-20(14-17-8-6-5-7-9-17)24-25(32-28(21,3)16-23(22)27)26(30)29(24)18-10-12-19(31-4)13-11-18/h5-13,20-25H,14-16H2,1-4H3/t20-,21+,22+,23-,24+,25-,28+/m0/s1. The first-order valence-electron chi connectivity index (χ1n) is 12.0. The molecule has 2 aromatic carbocycles. The lowest BCUT2D eigenvalue weighted by Gasteiger charge is -2.62. The van der Waals surface area contributed by atoms with Crippen molar-refractivity contribution in [3.63, 3.8) is 0 Å². The van der Waals surface area contributed by atoms with E-state index in [1.165, 1.54) is 12.0 Å². The van der Waals surface area contributed by atoms with Crippen LogP contribution in [0.15, 0.2) is 54.6 Å². The zero-order valence-electron chi connectivity index (χ0n) is 19.5. The lowest BCUT2D eigenvalue weighted by atomic mass is 9.61. The Bertz CT molecular complexity index is 1030. The van der Waals surface area contributed by atoms with Gasteiger partial charge in [-0.25, -0.2) is 0 Å². The number of fused-ring (bicyclic) bond motifs is 3. The van der Waals surface area contributed by atoms with Crippen LogP contribution in [0.5, 0.6) is 5.75 Å². The number of amides is 1. The van der Waals surface area contributed by atoms with Crippen molar-refractivity contribution in [1.82, 2.24) is 0 Å². The quantitative estimate of drug-likeness (QED) is 0.632. The van der Waals surface area contributed by atoms with Crippen LogP contribution in [0.25, 0.3) is 0 Å². The summed E-state index contributed by atoms with van der Waals surface area (Å²) in [6.07, 6.45) is 2.95. The van der Waals surface area contributed by atoms with E-state index in [1.807, 2.05) is 29.2 Å². The fourth-order valence-electron chi connectivity index (χ4n) is 7.34. The maximum absolute atomic E-state index is 13.4. The maximum Gasteiger partial charge on any atom is 0.258 e. The van der Waals surface area contributed by atoms with Crippen LogP contribution < -0.4 is 9.64 Å². The molecule has 2 saturated heterocycles. The Morgan fingerprint density at radius 1 is 1.00 bits per heavy atom. The molecule has 2 aromatic rings. The normalized spacial score (nSPS) is 38.8. The minimum Gasteiger partial charge on any atom is -0.497 e. The molecule has 32 heavy (non-hydrogen) atoms. The lowest BCUT2D eigenvalue weighted by molar-refractivity contribution is -0.218. The van der Waals surface area contributed by atoms with E-state index in [4.69, 9.17) is 9.47 Å². The van der Waals surface area contributed by atoms with Crippen LogP contribution >= 0.6 is 0 Å². The molecule has 2 aliphatic carbocycles. The number of benzene rings is 2. The Labute approximate surface area is 190 Å². The van der Waals surface area contributed by atoms with Crippen molar-refractivity contribution in [2.75, 3.05) is 12.0 Å². The second-order valence-corrected chi connectivity index (χ2v) is 11.2. The fourth-order valence-corrected chi connectivity index (χ4v) is 7.34. The minimum absolute atomic E-state index is 0.0904. The number of anilines is 1. The van der Waals surface area contributed by atoms with Gasteiger partial charge in [0, 0.05) is 5.69 Å². The Morgan fingerprint density at radius 2 is 1.72 bits per heavy atom. The van der Waals surface area contributed by atoms with Crippen molar-refractivity contribution >= 4 is 11.6 Å². The number of carbonyl (C=O) groups excluding carboxylic acids is 1. The van der Waals surface area contributed by atoms with E-state index in [0.717, 1.165) is 36.1 Å². The molecule has 4 aliphatic rings. The smallest absolute Gasteiger partial charge is 0.258 e. The van der Waals surface area contributed by atoms with E-state index < -0.39 is 0 Å². The maximum atomic E-state index is 13.4. The Hall–Kier alpha value is -2.33. The minimum atomic E-state index is -0.328. The summed E-state index contributed by atoms with van der Waals surface area (Å²) in [5.74, 6) is 3.27. The van der Waals surface area contributed by atoms with Gasteiger partial charge < -0.3 is 14.4 Å². The van der Waals surface area contributed by atoms with Crippen LogP contribution in [-0.4, -0.2) is 30.8 Å². The number of ether oxygens (including phenoxy) is 2. The number of hydrogen-bond donors (Lipinski definition) is 0. The third kappa shape index (κ3) is 2.81. The third-order valence-electron chi connectivity index (χ3n) is 9.31. The van der Waals surface area contributed by atoms with Gasteiger partial charge in [-0.15, -0.1) is 0 Å². The molecule has 0 bridgehead atoms. The molecule has 6 rings (SSSR count). The van der Waals surface area contributed by atoms with Crippen LogP contribution in [0, 0.1) is 29.1 Å². The molecule has 0 unspecified atom stereocenters. The van der Waals surface area contributed by atoms with Gasteiger partial charge in [-0.05, 0) is 85.1 Å². The van der Waals surface area contributed by atoms with Crippen molar-refractivity contribution in [3.8, 4) is 5.75 Å². The van der Waals surface area contributed by atoms with Gasteiger partial charge in [-0.1, -0.05) is 44.2 Å². The second-order valence-electron chi connectivity index (χ2n) is 11.2. The number of hydrogen-bond acceptors (Lipinski definition) is 3. The number of methoxy groups -OCH3 is 1. The zero-order chi connectivity index (χ0) is 22.3. The molecule has 1 amide bonds. The van der Waals surface area contributed by atoms with E-state index in [-0.39, 0.29) is 23.7 Å². The molecular formula is C28H33NO3. The summed E-state index contributed by atoms with van der Waals surface area (Å²) in [5.41, 5.74) is 2.49. The highest BCUT2D eigenvalue weighted by molar-refractivity contribution is 6.05. The zero-order valence-corrected chi connectivity index (χ0v) is 19.5. The van der Waals surface area contributed by atoms with Crippen molar-refractivity contribution in [3.05, 3.63) is 60.2 Å². The summed E-state index contributed by atoms with van der Waals surface area (Å²) in [6, 6.07) is 18.8. The summed E-state index contributed by atoms with van der Waals surface area (Å²) >= 11 is 0. The van der Waals surface area contributed by atoms with Crippen molar-refractivity contribution in [2.45, 2.75) is 57.8 Å². The summed E-state index contributed by atoms with van der Waals surface area (Å²) in [7, 11) is 1.67. The first kappa shape index (κ1) is 20.3. The van der Waals surface area contributed by atoms with E-state index in [0.29, 0.717) is 17.3 Å². The largest absolute Gasteiger partial charge is 0.497 e. The van der Waals surface area contributed by atoms with Gasteiger partial charge in [-0.3, -0.25) is 4.79 Å². The van der Waals surface area contributed by atoms with Crippen LogP contribution in [0.3, 0.4) is 0 Å². The molecule has 0 spiro atoms. The Balaban J connectivity index is 1.37. The molecule has 168 valence electrons. The van der Waals surface area contributed by atoms with Crippen LogP contribution in [-0.2, 0) is 16.0 Å². The first-order chi connectivity index (χ1) is 15.3. The van der Waals surface area contributed by atoms with E-state index >= 15 is 0 Å². The molecule has 0 aromatic heterocycles. The molecule has 4 fully saturated rings. The van der Waals surface area contributed by atoms with Gasteiger partial charge in [0.1, 0.15) is 5.75 Å². The summed E-state index contributed by atoms with van der Waals surface area (Å²) < 4.78 is 12.1. The number of β-lactam (4-membered cyclic amide) rings is 1. The number of rotatable bonds is 4. The SMILES string of the molecule is COc1ccc(N2C(=O)[C@H]3O[C@]4(C)C[C@H]5[C@@H](C[C@@H]4[C@H](Cc4ccccc4)[C@H]32)C5(C)C)cc1. The van der Waals surface area contributed by atoms with Crippen LogP contribution in [0.2, 0.25) is 0 Å². The van der Waals surface area contributed by atoms with Gasteiger partial charge in [-0.2, -0.15) is 0 Å². The number of nitrogens with zero attached hydrogens (tertiary/aromatic N) is 1. The first-order valence-corrected chi connectivity index (χ1v) is 12.0. The fraction of sp³-hybridized carbons (Fsp3) is 0.536. The summed E-state index contributed by atoms with van der Waals surface area (Å²) in [4.78, 5) is 15.4. The lowest BCUT2D eigenvalue weighted by Crippen LogP contribution is -2.76. The Morgan fingerprint density at radius 3 is 2.41 bits per heavy atom. The summed E-state index contributed by atoms with van der Waals surface area (Å²) in [6.45, 7) is 7.12. The van der Waals surface area contributed by atoms with Crippen molar-refractivity contribution in [1.29, 1.82) is 0 Å². The topological polar surface area (TPSA) is 38.8 Å². The van der Waals surface area contributed by atoms with Crippen molar-refractivity contribution in [2.24, 2.45) is 29.1 Å². The molecule has 4 nitrogen and oxygen atoms in total. The van der Waals surface area contributed by atoms with Gasteiger partial charge >= 0.3 is 0 Å². The molecule has 4 heteroatoms. The molecule has 2 aliphatic heterocycles. The predicted molar refractivity (Wildman–Crippen MR) is 125 cm³/mol. The van der Waals surface area contributed by atoms with Gasteiger partial charge in [0.25, 0.3) is 5.91 Å². The monoisotopic (exact) mass is 431 g/mol. The number of carbonyl (C=O) groups is 1. The van der Waals surface area contributed by atoms with Crippen molar-refractivity contribution < 1.29 is 14.3 Å². The molecule has 0 radical (unpaired) electrons. The van der Waals surface area contributed by atoms with Crippen LogP contribution in [0.4, 0.5) is 5.69 Å². The van der Waals surface area contributed by atoms with Crippen LogP contribution in [0.1, 0.15) is 39.2 Å². The molecule has 7 atom stereocenters. The highest BCUT2D eigenvalue weighted by Crippen LogP contribution is 2.70. The summed E-state index contributed by atoms with van der Waals surface area (Å²) in [5, 5.41) is 0. The molecule has 2 heterocycles. The Kier molecular flexibility index (Phi) is 4.33. The van der Waals surface area contributed by atoms with E-state index in [1.54, 1.807) is 7.11 Å². The average molecular weight is 432 g/mol. The highest BCUT2D eigenvalue weighted by atomic mass is 16.5. The van der Waals surface area contributed by atoms with Gasteiger partial charge in [0.05, 0.1) is 18.8 Å². The second kappa shape index (κ2) is 6.84. The molecule has 0 N–H and O–H groups in total. The third-order valence-corrected chi connectivity index (χ3v) is 9.31. The molecular weight excluding hydrogens is 398 g/mol. The van der Waals surface area contributed by atoms with E-state index in [2.05, 4.69) is 51.1 Å². The van der Waals surface area contributed by atoms with Gasteiger partial charge in [0.2, 0.25) is 0 Å². The van der Waals surface area contributed by atoms with E-state index in [9.17, 15) is 4.79 Å².